The van der Waals surface area contributed by atoms with Gasteiger partial charge < -0.3 is 14.5 Å². The molecule has 0 saturated carbocycles. The van der Waals surface area contributed by atoms with E-state index in [1.165, 1.54) is 6.07 Å². The smallest absolute Gasteiger partial charge is 0.230 e. The van der Waals surface area contributed by atoms with Gasteiger partial charge in [0.15, 0.2) is 5.76 Å². The molecule has 188 valence electrons. The van der Waals surface area contributed by atoms with E-state index >= 15 is 0 Å². The van der Waals surface area contributed by atoms with Crippen molar-refractivity contribution in [2.24, 2.45) is 0 Å². The second kappa shape index (κ2) is 11.0. The van der Waals surface area contributed by atoms with Crippen molar-refractivity contribution in [2.75, 3.05) is 31.2 Å². The number of furan rings is 1. The maximum atomic E-state index is 13.5. The number of fused-ring (bicyclic) bond motifs is 1. The number of carbonyl (C=O) groups is 1. The number of halogens is 2. The van der Waals surface area contributed by atoms with Crippen molar-refractivity contribution < 1.29 is 22.4 Å². The van der Waals surface area contributed by atoms with Gasteiger partial charge in [-0.05, 0) is 47.5 Å². The summed E-state index contributed by atoms with van der Waals surface area (Å²) in [5.41, 5.74) is 3.55. The molecule has 0 aliphatic rings. The van der Waals surface area contributed by atoms with Crippen molar-refractivity contribution in [3.05, 3.63) is 87.6 Å². The molecule has 0 radical (unpaired) electrons. The number of hydrogen-bond acceptors (Lipinski definition) is 6. The van der Waals surface area contributed by atoms with E-state index in [4.69, 9.17) is 32.4 Å². The van der Waals surface area contributed by atoms with E-state index in [-0.39, 0.29) is 22.1 Å². The highest BCUT2D eigenvalue weighted by Crippen LogP contribution is 2.34. The summed E-state index contributed by atoms with van der Waals surface area (Å²) in [7, 11) is -1.79. The Morgan fingerprint density at radius 3 is 2.53 bits per heavy atom. The molecule has 4 rings (SSSR count). The van der Waals surface area contributed by atoms with Crippen LogP contribution in [-0.2, 0) is 21.3 Å². The van der Waals surface area contributed by atoms with Gasteiger partial charge in [-0.25, -0.2) is 8.42 Å². The molecule has 1 heterocycles. The summed E-state index contributed by atoms with van der Waals surface area (Å²) < 4.78 is 36.9. The lowest BCUT2D eigenvalue weighted by atomic mass is 10.0. The first-order valence-corrected chi connectivity index (χ1v) is 13.6. The molecule has 0 amide bonds. The number of benzene rings is 3. The predicted molar refractivity (Wildman–Crippen MR) is 144 cm³/mol. The van der Waals surface area contributed by atoms with Crippen LogP contribution in [0.1, 0.15) is 21.7 Å². The quantitative estimate of drug-likeness (QED) is 0.194. The highest BCUT2D eigenvalue weighted by Gasteiger charge is 2.24. The normalized spacial score (nSPS) is 11.7. The zero-order chi connectivity index (χ0) is 25.9. The number of ketones is 1. The number of carbonyl (C=O) groups excluding carboxylic acids is 1. The number of anilines is 1. The minimum absolute atomic E-state index is 0.184. The summed E-state index contributed by atoms with van der Waals surface area (Å²) in [6.45, 7) is 1.50. The Hall–Kier alpha value is -2.88. The summed E-state index contributed by atoms with van der Waals surface area (Å²) in [5.74, 6) is -0.166. The van der Waals surface area contributed by atoms with Gasteiger partial charge in [-0.15, -0.1) is 0 Å². The predicted octanol–water partition coefficient (Wildman–Crippen LogP) is 5.75. The standard InChI is InChI=1S/C26H24Cl2N2O5S/c1-34-11-10-29-15-22-20-8-6-17(16-4-3-5-19(12-16)30-36(2,32)33)13-24(20)35-26(22)25(31)21-9-7-18(27)14-23(21)28/h3-9,12-14,29-30H,10-11,15H2,1-2H3. The third-order valence-electron chi connectivity index (χ3n) is 5.46. The number of methoxy groups -OCH3 is 1. The van der Waals surface area contributed by atoms with Gasteiger partial charge in [0.05, 0.1) is 17.9 Å². The molecule has 0 aliphatic heterocycles. The van der Waals surface area contributed by atoms with Gasteiger partial charge in [0.1, 0.15) is 5.58 Å². The van der Waals surface area contributed by atoms with Gasteiger partial charge in [0, 0.05) is 47.4 Å². The van der Waals surface area contributed by atoms with E-state index in [2.05, 4.69) is 10.0 Å². The van der Waals surface area contributed by atoms with Gasteiger partial charge in [-0.2, -0.15) is 0 Å². The summed E-state index contributed by atoms with van der Waals surface area (Å²) in [6, 6.07) is 17.4. The van der Waals surface area contributed by atoms with Crippen LogP contribution in [0.25, 0.3) is 22.1 Å². The fourth-order valence-corrected chi connectivity index (χ4v) is 4.90. The summed E-state index contributed by atoms with van der Waals surface area (Å²) in [4.78, 5) is 13.5. The van der Waals surface area contributed by atoms with Gasteiger partial charge in [0.2, 0.25) is 15.8 Å². The largest absolute Gasteiger partial charge is 0.452 e. The second-order valence-electron chi connectivity index (χ2n) is 8.20. The molecule has 0 saturated heterocycles. The van der Waals surface area contributed by atoms with Crippen LogP contribution in [-0.4, -0.2) is 40.7 Å². The molecule has 2 N–H and O–H groups in total. The summed E-state index contributed by atoms with van der Waals surface area (Å²) in [5, 5.41) is 4.72. The Bertz CT molecular complexity index is 1530. The highest BCUT2D eigenvalue weighted by molar-refractivity contribution is 7.92. The van der Waals surface area contributed by atoms with E-state index in [9.17, 15) is 13.2 Å². The molecule has 0 spiro atoms. The molecule has 0 fully saturated rings. The summed E-state index contributed by atoms with van der Waals surface area (Å²) >= 11 is 12.3. The van der Waals surface area contributed by atoms with Gasteiger partial charge >= 0.3 is 0 Å². The van der Waals surface area contributed by atoms with Crippen LogP contribution in [0.3, 0.4) is 0 Å². The van der Waals surface area contributed by atoms with E-state index in [0.717, 1.165) is 22.8 Å². The van der Waals surface area contributed by atoms with Gasteiger partial charge in [-0.3, -0.25) is 9.52 Å². The maximum absolute atomic E-state index is 13.5. The Morgan fingerprint density at radius 1 is 1.03 bits per heavy atom. The van der Waals surface area contributed by atoms with Crippen molar-refractivity contribution in [1.29, 1.82) is 0 Å². The fourth-order valence-electron chi connectivity index (χ4n) is 3.85. The molecular weight excluding hydrogens is 523 g/mol. The number of sulfonamides is 1. The first-order valence-electron chi connectivity index (χ1n) is 11.0. The van der Waals surface area contributed by atoms with Crippen LogP contribution in [0.4, 0.5) is 5.69 Å². The Balaban J connectivity index is 1.77. The number of rotatable bonds is 10. The third-order valence-corrected chi connectivity index (χ3v) is 6.61. The van der Waals surface area contributed by atoms with Crippen LogP contribution in [0, 0.1) is 0 Å². The van der Waals surface area contributed by atoms with E-state index in [1.807, 2.05) is 24.3 Å². The van der Waals surface area contributed by atoms with Crippen molar-refractivity contribution in [3.8, 4) is 11.1 Å². The zero-order valence-electron chi connectivity index (χ0n) is 19.6. The molecule has 3 aromatic carbocycles. The highest BCUT2D eigenvalue weighted by atomic mass is 35.5. The zero-order valence-corrected chi connectivity index (χ0v) is 21.9. The maximum Gasteiger partial charge on any atom is 0.230 e. The van der Waals surface area contributed by atoms with Crippen LogP contribution in [0.15, 0.2) is 65.1 Å². The molecule has 4 aromatic rings. The molecule has 36 heavy (non-hydrogen) atoms. The average Bonchev–Trinajstić information content (AvgIpc) is 3.18. The minimum atomic E-state index is -3.41. The van der Waals surface area contributed by atoms with Crippen LogP contribution >= 0.6 is 23.2 Å². The Labute approximate surface area is 219 Å². The van der Waals surface area contributed by atoms with Crippen molar-refractivity contribution in [1.82, 2.24) is 5.32 Å². The van der Waals surface area contributed by atoms with Crippen molar-refractivity contribution in [2.45, 2.75) is 6.54 Å². The molecule has 7 nitrogen and oxygen atoms in total. The number of ether oxygens (including phenoxy) is 1. The van der Waals surface area contributed by atoms with E-state index < -0.39 is 10.0 Å². The Kier molecular flexibility index (Phi) is 8.02. The monoisotopic (exact) mass is 546 g/mol. The summed E-state index contributed by atoms with van der Waals surface area (Å²) in [6.07, 6.45) is 1.10. The van der Waals surface area contributed by atoms with E-state index in [1.54, 1.807) is 37.4 Å². The lowest BCUT2D eigenvalue weighted by Gasteiger charge is -2.08. The topological polar surface area (TPSA) is 97.6 Å². The first-order chi connectivity index (χ1) is 17.2. The molecule has 1 aromatic heterocycles. The lowest BCUT2D eigenvalue weighted by Crippen LogP contribution is -2.19. The van der Waals surface area contributed by atoms with Crippen LogP contribution in [0.5, 0.6) is 0 Å². The SMILES string of the molecule is COCCNCc1c(C(=O)c2ccc(Cl)cc2Cl)oc2cc(-c3cccc(NS(C)(=O)=O)c3)ccc12. The van der Waals surface area contributed by atoms with Crippen LogP contribution < -0.4 is 10.0 Å². The molecule has 0 aliphatic carbocycles. The lowest BCUT2D eigenvalue weighted by molar-refractivity contribution is 0.101. The van der Waals surface area contributed by atoms with Crippen LogP contribution in [0.2, 0.25) is 10.0 Å². The molecule has 0 bridgehead atoms. The van der Waals surface area contributed by atoms with Crippen molar-refractivity contribution in [3.63, 3.8) is 0 Å². The molecule has 0 unspecified atom stereocenters. The van der Waals surface area contributed by atoms with E-state index in [0.29, 0.717) is 41.6 Å². The number of nitrogens with one attached hydrogen (secondary N) is 2. The minimum Gasteiger partial charge on any atom is -0.452 e. The Morgan fingerprint density at radius 2 is 1.81 bits per heavy atom. The average molecular weight is 547 g/mol. The van der Waals surface area contributed by atoms with Crippen molar-refractivity contribution >= 4 is 55.7 Å². The number of hydrogen-bond donors (Lipinski definition) is 2. The fraction of sp³-hybridized carbons (Fsp3) is 0.192. The second-order valence-corrected chi connectivity index (χ2v) is 10.8. The van der Waals surface area contributed by atoms with Gasteiger partial charge in [-0.1, -0.05) is 47.5 Å². The molecule has 0 atom stereocenters. The third kappa shape index (κ3) is 6.08. The first kappa shape index (κ1) is 26.2. The molecular formula is C26H24Cl2N2O5S. The molecule has 10 heteroatoms. The van der Waals surface area contributed by atoms with Gasteiger partial charge in [0.25, 0.3) is 0 Å².